The monoisotopic (exact) mass is 257 g/mol. The highest BCUT2D eigenvalue weighted by Gasteiger charge is 2.31. The van der Waals surface area contributed by atoms with Gasteiger partial charge in [-0.3, -0.25) is 0 Å². The van der Waals surface area contributed by atoms with Crippen LogP contribution in [0.5, 0.6) is 5.75 Å². The van der Waals surface area contributed by atoms with Crippen molar-refractivity contribution in [2.45, 2.75) is 12.0 Å². The van der Waals surface area contributed by atoms with E-state index in [4.69, 9.17) is 4.74 Å². The Morgan fingerprint density at radius 2 is 1.89 bits per heavy atom. The molecule has 2 atom stereocenters. The highest BCUT2D eigenvalue weighted by Crippen LogP contribution is 2.40. The largest absolute Gasteiger partial charge is 0.493 e. The summed E-state index contributed by atoms with van der Waals surface area (Å²) in [4.78, 5) is 0. The highest BCUT2D eigenvalue weighted by atomic mass is 19.1. The molecule has 0 saturated heterocycles. The van der Waals surface area contributed by atoms with Gasteiger partial charge in [-0.05, 0) is 30.8 Å². The first-order chi connectivity index (χ1) is 9.29. The molecule has 2 unspecified atom stereocenters. The molecule has 19 heavy (non-hydrogen) atoms. The molecule has 0 amide bonds. The third kappa shape index (κ3) is 2.22. The second-order valence-corrected chi connectivity index (χ2v) is 4.77. The van der Waals surface area contributed by atoms with E-state index >= 15 is 0 Å². The summed E-state index contributed by atoms with van der Waals surface area (Å²) in [7, 11) is 1.93. The van der Waals surface area contributed by atoms with E-state index < -0.39 is 0 Å². The quantitative estimate of drug-likeness (QED) is 0.911. The van der Waals surface area contributed by atoms with E-state index in [1.165, 1.54) is 17.7 Å². The summed E-state index contributed by atoms with van der Waals surface area (Å²) in [5, 5.41) is 3.32. The van der Waals surface area contributed by atoms with Crippen LogP contribution in [0.4, 0.5) is 4.39 Å². The van der Waals surface area contributed by atoms with E-state index in [2.05, 4.69) is 11.4 Å². The summed E-state index contributed by atoms with van der Waals surface area (Å²) >= 11 is 0. The van der Waals surface area contributed by atoms with Gasteiger partial charge in [0.25, 0.3) is 0 Å². The van der Waals surface area contributed by atoms with Crippen LogP contribution in [0.2, 0.25) is 0 Å². The van der Waals surface area contributed by atoms with Crippen molar-refractivity contribution in [1.82, 2.24) is 5.32 Å². The lowest BCUT2D eigenvalue weighted by Crippen LogP contribution is -2.24. The maximum absolute atomic E-state index is 13.0. The summed E-state index contributed by atoms with van der Waals surface area (Å²) in [5.41, 5.74) is 2.29. The Kier molecular flexibility index (Phi) is 3.22. The molecular weight excluding hydrogens is 241 g/mol. The zero-order valence-corrected chi connectivity index (χ0v) is 10.8. The average molecular weight is 257 g/mol. The molecule has 2 nitrogen and oxygen atoms in total. The topological polar surface area (TPSA) is 21.3 Å². The lowest BCUT2D eigenvalue weighted by molar-refractivity contribution is 0.304. The molecule has 0 bridgehead atoms. The van der Waals surface area contributed by atoms with Gasteiger partial charge < -0.3 is 10.1 Å². The fourth-order valence-electron chi connectivity index (χ4n) is 2.73. The number of nitrogens with one attached hydrogen (secondary N) is 1. The third-order valence-electron chi connectivity index (χ3n) is 3.68. The average Bonchev–Trinajstić information content (AvgIpc) is 2.86. The number of hydrogen-bond acceptors (Lipinski definition) is 2. The van der Waals surface area contributed by atoms with E-state index in [0.717, 1.165) is 11.3 Å². The van der Waals surface area contributed by atoms with E-state index in [-0.39, 0.29) is 17.8 Å². The second kappa shape index (κ2) is 5.02. The van der Waals surface area contributed by atoms with Gasteiger partial charge in [0.2, 0.25) is 0 Å². The standard InChI is InChI=1S/C16H16FNO/c1-18-16(11-6-8-12(17)9-7-11)14-10-19-15-5-3-2-4-13(14)15/h2-9,14,16,18H,10H2,1H3. The minimum absolute atomic E-state index is 0.129. The van der Waals surface area contributed by atoms with Gasteiger partial charge >= 0.3 is 0 Å². The van der Waals surface area contributed by atoms with Crippen molar-refractivity contribution in [3.05, 3.63) is 65.5 Å². The summed E-state index contributed by atoms with van der Waals surface area (Å²) in [6, 6.07) is 14.9. The molecule has 3 rings (SSSR count). The lowest BCUT2D eigenvalue weighted by atomic mass is 9.88. The van der Waals surface area contributed by atoms with Crippen molar-refractivity contribution >= 4 is 0 Å². The molecular formula is C16H16FNO. The molecule has 2 aromatic carbocycles. The molecule has 0 saturated carbocycles. The van der Waals surface area contributed by atoms with Gasteiger partial charge in [-0.1, -0.05) is 30.3 Å². The minimum Gasteiger partial charge on any atom is -0.493 e. The van der Waals surface area contributed by atoms with Gasteiger partial charge in [-0.2, -0.15) is 0 Å². The lowest BCUT2D eigenvalue weighted by Gasteiger charge is -2.22. The van der Waals surface area contributed by atoms with E-state index in [0.29, 0.717) is 6.61 Å². The normalized spacial score (nSPS) is 18.7. The molecule has 2 aromatic rings. The number of hydrogen-bond donors (Lipinski definition) is 1. The van der Waals surface area contributed by atoms with Crippen molar-refractivity contribution in [2.24, 2.45) is 0 Å². The molecule has 0 radical (unpaired) electrons. The molecule has 1 aliphatic heterocycles. The van der Waals surface area contributed by atoms with Crippen LogP contribution in [0.15, 0.2) is 48.5 Å². The molecule has 3 heteroatoms. The van der Waals surface area contributed by atoms with Crippen molar-refractivity contribution < 1.29 is 9.13 Å². The number of benzene rings is 2. The van der Waals surface area contributed by atoms with Crippen LogP contribution in [0.1, 0.15) is 23.1 Å². The summed E-state index contributed by atoms with van der Waals surface area (Å²) in [6.45, 7) is 0.655. The summed E-state index contributed by atoms with van der Waals surface area (Å²) < 4.78 is 18.8. The highest BCUT2D eigenvalue weighted by molar-refractivity contribution is 5.42. The van der Waals surface area contributed by atoms with Gasteiger partial charge in [0.1, 0.15) is 11.6 Å². The number of ether oxygens (including phenoxy) is 1. The van der Waals surface area contributed by atoms with Gasteiger partial charge in [0.15, 0.2) is 0 Å². The predicted octanol–water partition coefficient (Wildman–Crippen LogP) is 3.26. The van der Waals surface area contributed by atoms with Gasteiger partial charge in [-0.15, -0.1) is 0 Å². The molecule has 0 aliphatic carbocycles. The van der Waals surface area contributed by atoms with Gasteiger partial charge in [0.05, 0.1) is 6.61 Å². The third-order valence-corrected chi connectivity index (χ3v) is 3.68. The van der Waals surface area contributed by atoms with Gasteiger partial charge in [0, 0.05) is 17.5 Å². The number of halogens is 1. The molecule has 1 heterocycles. The number of para-hydroxylation sites is 1. The van der Waals surface area contributed by atoms with Crippen LogP contribution in [-0.4, -0.2) is 13.7 Å². The van der Waals surface area contributed by atoms with E-state index in [1.807, 2.05) is 37.4 Å². The maximum Gasteiger partial charge on any atom is 0.123 e. The Labute approximate surface area is 112 Å². The van der Waals surface area contributed by atoms with Crippen molar-refractivity contribution in [3.8, 4) is 5.75 Å². The fourth-order valence-corrected chi connectivity index (χ4v) is 2.73. The molecule has 1 aliphatic rings. The van der Waals surface area contributed by atoms with Gasteiger partial charge in [-0.25, -0.2) is 4.39 Å². The number of rotatable bonds is 3. The molecule has 1 N–H and O–H groups in total. The smallest absolute Gasteiger partial charge is 0.123 e. The Hall–Kier alpha value is -1.87. The first-order valence-corrected chi connectivity index (χ1v) is 6.44. The molecule has 0 aromatic heterocycles. The van der Waals surface area contributed by atoms with Crippen LogP contribution in [0, 0.1) is 5.82 Å². The second-order valence-electron chi connectivity index (χ2n) is 4.77. The zero-order valence-electron chi connectivity index (χ0n) is 10.8. The van der Waals surface area contributed by atoms with Crippen LogP contribution in [0.3, 0.4) is 0 Å². The summed E-state index contributed by atoms with van der Waals surface area (Å²) in [5.74, 6) is 1.00. The van der Waals surface area contributed by atoms with Crippen LogP contribution < -0.4 is 10.1 Å². The summed E-state index contributed by atoms with van der Waals surface area (Å²) in [6.07, 6.45) is 0. The molecule has 0 spiro atoms. The zero-order chi connectivity index (χ0) is 13.2. The van der Waals surface area contributed by atoms with Crippen molar-refractivity contribution in [3.63, 3.8) is 0 Å². The molecule has 98 valence electrons. The number of likely N-dealkylation sites (N-methyl/N-ethyl adjacent to an activating group) is 1. The molecule has 0 fully saturated rings. The van der Waals surface area contributed by atoms with Crippen LogP contribution in [0.25, 0.3) is 0 Å². The van der Waals surface area contributed by atoms with Crippen LogP contribution >= 0.6 is 0 Å². The Balaban J connectivity index is 1.94. The fraction of sp³-hybridized carbons (Fsp3) is 0.250. The van der Waals surface area contributed by atoms with Crippen molar-refractivity contribution in [1.29, 1.82) is 0 Å². The Morgan fingerprint density at radius 3 is 2.63 bits per heavy atom. The SMILES string of the molecule is CNC(c1ccc(F)cc1)C1COc2ccccc21. The Morgan fingerprint density at radius 1 is 1.16 bits per heavy atom. The predicted molar refractivity (Wildman–Crippen MR) is 72.9 cm³/mol. The van der Waals surface area contributed by atoms with Crippen molar-refractivity contribution in [2.75, 3.05) is 13.7 Å². The van der Waals surface area contributed by atoms with E-state index in [1.54, 1.807) is 0 Å². The number of fused-ring (bicyclic) bond motifs is 1. The minimum atomic E-state index is -0.207. The van der Waals surface area contributed by atoms with E-state index in [9.17, 15) is 4.39 Å². The first kappa shape index (κ1) is 12.2. The first-order valence-electron chi connectivity index (χ1n) is 6.44. The maximum atomic E-state index is 13.0. The Bertz CT molecular complexity index is 567. The van der Waals surface area contributed by atoms with Crippen LogP contribution in [-0.2, 0) is 0 Å².